The highest BCUT2D eigenvalue weighted by molar-refractivity contribution is 6.42. The first-order valence-corrected chi connectivity index (χ1v) is 8.29. The van der Waals surface area contributed by atoms with Crippen LogP contribution in [0.25, 0.3) is 0 Å². The second-order valence-electron chi connectivity index (χ2n) is 5.65. The SMILES string of the molecule is CC(C(=O)NCc1ccc(F)cc1)N(C)Cc1cccc(Cl)c1Cl. The summed E-state index contributed by atoms with van der Waals surface area (Å²) >= 11 is 12.2. The van der Waals surface area contributed by atoms with Crippen molar-refractivity contribution in [3.8, 4) is 0 Å². The molecule has 0 heterocycles. The third-order valence-corrected chi connectivity index (χ3v) is 4.73. The molecule has 0 saturated heterocycles. The van der Waals surface area contributed by atoms with Crippen LogP contribution in [0.4, 0.5) is 4.39 Å². The molecule has 0 aliphatic carbocycles. The average Bonchev–Trinajstić information content (AvgIpc) is 2.57. The lowest BCUT2D eigenvalue weighted by molar-refractivity contribution is -0.125. The zero-order chi connectivity index (χ0) is 17.7. The molecule has 3 nitrogen and oxygen atoms in total. The summed E-state index contributed by atoms with van der Waals surface area (Å²) in [6.45, 7) is 2.68. The van der Waals surface area contributed by atoms with E-state index in [1.807, 2.05) is 31.0 Å². The molecule has 1 atom stereocenters. The summed E-state index contributed by atoms with van der Waals surface area (Å²) in [5.74, 6) is -0.406. The Kier molecular flexibility index (Phi) is 6.60. The molecular weight excluding hydrogens is 350 g/mol. The quantitative estimate of drug-likeness (QED) is 0.825. The molecule has 0 fully saturated rings. The molecule has 0 aromatic heterocycles. The molecule has 2 aromatic rings. The predicted molar refractivity (Wildman–Crippen MR) is 95.6 cm³/mol. The Hall–Kier alpha value is -1.62. The normalized spacial score (nSPS) is 12.2. The number of carbonyl (C=O) groups is 1. The van der Waals surface area contributed by atoms with Gasteiger partial charge in [-0.25, -0.2) is 4.39 Å². The van der Waals surface area contributed by atoms with Gasteiger partial charge in [-0.1, -0.05) is 47.5 Å². The van der Waals surface area contributed by atoms with Crippen molar-refractivity contribution >= 4 is 29.1 Å². The van der Waals surface area contributed by atoms with E-state index in [1.54, 1.807) is 18.2 Å². The second-order valence-corrected chi connectivity index (χ2v) is 6.43. The number of likely N-dealkylation sites (N-methyl/N-ethyl adjacent to an activating group) is 1. The molecular formula is C18H19Cl2FN2O. The minimum absolute atomic E-state index is 0.111. The van der Waals surface area contributed by atoms with Crippen molar-refractivity contribution in [3.63, 3.8) is 0 Å². The molecule has 0 bridgehead atoms. The van der Waals surface area contributed by atoms with Gasteiger partial charge in [-0.05, 0) is 43.3 Å². The minimum Gasteiger partial charge on any atom is -0.351 e. The molecule has 0 aliphatic heterocycles. The third kappa shape index (κ3) is 4.94. The third-order valence-electron chi connectivity index (χ3n) is 3.87. The Morgan fingerprint density at radius 2 is 1.88 bits per heavy atom. The molecule has 0 spiro atoms. The summed E-state index contributed by atoms with van der Waals surface area (Å²) < 4.78 is 12.9. The first kappa shape index (κ1) is 18.7. The van der Waals surface area contributed by atoms with Crippen molar-refractivity contribution in [2.75, 3.05) is 7.05 Å². The zero-order valence-electron chi connectivity index (χ0n) is 13.5. The van der Waals surface area contributed by atoms with Crippen LogP contribution in [0.15, 0.2) is 42.5 Å². The molecule has 1 unspecified atom stereocenters. The molecule has 0 radical (unpaired) electrons. The Labute approximate surface area is 151 Å². The van der Waals surface area contributed by atoms with E-state index in [0.717, 1.165) is 11.1 Å². The van der Waals surface area contributed by atoms with Gasteiger partial charge < -0.3 is 5.32 Å². The van der Waals surface area contributed by atoms with E-state index in [-0.39, 0.29) is 17.8 Å². The Balaban J connectivity index is 1.91. The van der Waals surface area contributed by atoms with E-state index in [1.165, 1.54) is 12.1 Å². The highest BCUT2D eigenvalue weighted by Gasteiger charge is 2.19. The lowest BCUT2D eigenvalue weighted by Gasteiger charge is -2.24. The van der Waals surface area contributed by atoms with Crippen LogP contribution in [0.2, 0.25) is 10.0 Å². The number of carbonyl (C=O) groups excluding carboxylic acids is 1. The van der Waals surface area contributed by atoms with Gasteiger partial charge in [-0.3, -0.25) is 9.69 Å². The molecule has 1 N–H and O–H groups in total. The Morgan fingerprint density at radius 1 is 1.21 bits per heavy atom. The molecule has 0 aliphatic rings. The minimum atomic E-state index is -0.347. The maximum absolute atomic E-state index is 12.9. The second kappa shape index (κ2) is 8.47. The first-order valence-electron chi connectivity index (χ1n) is 7.53. The van der Waals surface area contributed by atoms with Crippen LogP contribution >= 0.6 is 23.2 Å². The smallest absolute Gasteiger partial charge is 0.237 e. The van der Waals surface area contributed by atoms with Crippen LogP contribution in [0, 0.1) is 5.82 Å². The highest BCUT2D eigenvalue weighted by Crippen LogP contribution is 2.26. The predicted octanol–water partition coefficient (Wildman–Crippen LogP) is 4.27. The maximum Gasteiger partial charge on any atom is 0.237 e. The van der Waals surface area contributed by atoms with Gasteiger partial charge in [0.15, 0.2) is 0 Å². The highest BCUT2D eigenvalue weighted by atomic mass is 35.5. The Morgan fingerprint density at radius 3 is 2.54 bits per heavy atom. The lowest BCUT2D eigenvalue weighted by atomic mass is 10.1. The van der Waals surface area contributed by atoms with E-state index in [0.29, 0.717) is 23.1 Å². The largest absolute Gasteiger partial charge is 0.351 e. The molecule has 2 aromatic carbocycles. The first-order chi connectivity index (χ1) is 11.4. The molecule has 2 rings (SSSR count). The average molecular weight is 369 g/mol. The summed E-state index contributed by atoms with van der Waals surface area (Å²) in [7, 11) is 1.85. The number of nitrogens with one attached hydrogen (secondary N) is 1. The van der Waals surface area contributed by atoms with E-state index in [4.69, 9.17) is 23.2 Å². The summed E-state index contributed by atoms with van der Waals surface area (Å²) in [6.07, 6.45) is 0. The zero-order valence-corrected chi connectivity index (χ0v) is 15.0. The van der Waals surface area contributed by atoms with Crippen LogP contribution in [0.3, 0.4) is 0 Å². The fourth-order valence-corrected chi connectivity index (χ4v) is 2.60. The number of hydrogen-bond acceptors (Lipinski definition) is 2. The Bertz CT molecular complexity index is 707. The molecule has 1 amide bonds. The standard InChI is InChI=1S/C18H19Cl2FN2O/c1-12(18(24)22-10-13-6-8-15(21)9-7-13)23(2)11-14-4-3-5-16(19)17(14)20/h3-9,12H,10-11H2,1-2H3,(H,22,24). The van der Waals surface area contributed by atoms with Gasteiger partial charge >= 0.3 is 0 Å². The van der Waals surface area contributed by atoms with Crippen molar-refractivity contribution in [2.45, 2.75) is 26.1 Å². The van der Waals surface area contributed by atoms with Crippen LogP contribution in [-0.4, -0.2) is 23.9 Å². The maximum atomic E-state index is 12.9. The van der Waals surface area contributed by atoms with Crippen LogP contribution < -0.4 is 5.32 Å². The van der Waals surface area contributed by atoms with Crippen molar-refractivity contribution in [2.24, 2.45) is 0 Å². The number of hydrogen-bond donors (Lipinski definition) is 1. The summed E-state index contributed by atoms with van der Waals surface area (Å²) in [5.41, 5.74) is 1.71. The number of rotatable bonds is 6. The van der Waals surface area contributed by atoms with E-state index >= 15 is 0 Å². The van der Waals surface area contributed by atoms with Gasteiger partial charge in [-0.15, -0.1) is 0 Å². The monoisotopic (exact) mass is 368 g/mol. The van der Waals surface area contributed by atoms with Crippen molar-refractivity contribution in [1.29, 1.82) is 0 Å². The van der Waals surface area contributed by atoms with Gasteiger partial charge in [0, 0.05) is 13.1 Å². The molecule has 6 heteroatoms. The molecule has 24 heavy (non-hydrogen) atoms. The van der Waals surface area contributed by atoms with Crippen LogP contribution in [-0.2, 0) is 17.9 Å². The van der Waals surface area contributed by atoms with E-state index in [2.05, 4.69) is 5.32 Å². The van der Waals surface area contributed by atoms with Crippen molar-refractivity contribution in [1.82, 2.24) is 10.2 Å². The molecule has 128 valence electrons. The van der Waals surface area contributed by atoms with Gasteiger partial charge in [0.25, 0.3) is 0 Å². The van der Waals surface area contributed by atoms with Crippen LogP contribution in [0.5, 0.6) is 0 Å². The topological polar surface area (TPSA) is 32.3 Å². The number of nitrogens with zero attached hydrogens (tertiary/aromatic N) is 1. The summed E-state index contributed by atoms with van der Waals surface area (Å²) in [6, 6.07) is 11.1. The van der Waals surface area contributed by atoms with Crippen molar-refractivity contribution in [3.05, 3.63) is 69.5 Å². The molecule has 0 saturated carbocycles. The summed E-state index contributed by atoms with van der Waals surface area (Å²) in [4.78, 5) is 14.2. The van der Waals surface area contributed by atoms with E-state index in [9.17, 15) is 9.18 Å². The van der Waals surface area contributed by atoms with E-state index < -0.39 is 0 Å². The van der Waals surface area contributed by atoms with Crippen LogP contribution in [0.1, 0.15) is 18.1 Å². The summed E-state index contributed by atoms with van der Waals surface area (Å²) in [5, 5.41) is 3.85. The lowest BCUT2D eigenvalue weighted by Crippen LogP contribution is -2.42. The number of amides is 1. The number of benzene rings is 2. The van der Waals surface area contributed by atoms with Crippen molar-refractivity contribution < 1.29 is 9.18 Å². The van der Waals surface area contributed by atoms with Gasteiger partial charge in [0.1, 0.15) is 5.82 Å². The van der Waals surface area contributed by atoms with Gasteiger partial charge in [-0.2, -0.15) is 0 Å². The number of halogens is 3. The fourth-order valence-electron chi connectivity index (χ4n) is 2.22. The fraction of sp³-hybridized carbons (Fsp3) is 0.278. The van der Waals surface area contributed by atoms with Gasteiger partial charge in [0.2, 0.25) is 5.91 Å². The van der Waals surface area contributed by atoms with Gasteiger partial charge in [0.05, 0.1) is 16.1 Å².